The fourth-order valence-electron chi connectivity index (χ4n) is 1.22. The maximum Gasteiger partial charge on any atom is 0.00892 e. The second-order valence-corrected chi connectivity index (χ2v) is 3.41. The molecule has 11 heavy (non-hydrogen) atoms. The molecular formula is C9H21NS. The van der Waals surface area contributed by atoms with Crippen LogP contribution < -0.4 is 0 Å². The van der Waals surface area contributed by atoms with Gasteiger partial charge in [0, 0.05) is 13.1 Å². The molecule has 0 bridgehead atoms. The third-order valence-corrected chi connectivity index (χ3v) is 2.70. The van der Waals surface area contributed by atoms with Crippen LogP contribution in [0.15, 0.2) is 0 Å². The van der Waals surface area contributed by atoms with E-state index in [1.54, 1.807) is 0 Å². The van der Waals surface area contributed by atoms with Crippen LogP contribution in [0.1, 0.15) is 39.5 Å². The van der Waals surface area contributed by atoms with E-state index in [1.165, 1.54) is 38.8 Å². The molecule has 0 aromatic rings. The summed E-state index contributed by atoms with van der Waals surface area (Å²) in [5, 5.41) is 0. The Morgan fingerprint density at radius 2 is 1.36 bits per heavy atom. The van der Waals surface area contributed by atoms with Crippen LogP contribution in [-0.4, -0.2) is 23.7 Å². The van der Waals surface area contributed by atoms with E-state index in [2.05, 4.69) is 10.6 Å². The first-order valence-corrected chi connectivity index (χ1v) is 5.90. The summed E-state index contributed by atoms with van der Waals surface area (Å²) in [4.78, 5) is 0. The topological polar surface area (TPSA) is 3.24 Å². The zero-order chi connectivity index (χ0) is 8.53. The first-order chi connectivity index (χ1) is 5.43. The minimum atomic E-state index is 1.31. The lowest BCUT2D eigenvalue weighted by Gasteiger charge is -2.14. The van der Waals surface area contributed by atoms with Crippen molar-refractivity contribution < 1.29 is 0 Å². The third kappa shape index (κ3) is 5.57. The van der Waals surface area contributed by atoms with E-state index in [9.17, 15) is 0 Å². The van der Waals surface area contributed by atoms with Gasteiger partial charge in [0.1, 0.15) is 0 Å². The van der Waals surface area contributed by atoms with Gasteiger partial charge >= 0.3 is 0 Å². The second kappa shape index (κ2) is 8.41. The largest absolute Gasteiger partial charge is 0.251 e. The zero-order valence-electron chi connectivity index (χ0n) is 8.10. The monoisotopic (exact) mass is 175 g/mol. The van der Waals surface area contributed by atoms with Crippen LogP contribution in [0.25, 0.3) is 0 Å². The summed E-state index contributed by atoms with van der Waals surface area (Å²) in [7, 11) is 0. The summed E-state index contributed by atoms with van der Waals surface area (Å²) in [6.45, 7) is 6.61. The lowest BCUT2D eigenvalue weighted by Crippen LogP contribution is -2.15. The van der Waals surface area contributed by atoms with Crippen LogP contribution in [0.4, 0.5) is 0 Å². The highest BCUT2D eigenvalue weighted by Crippen LogP contribution is 2.14. The molecule has 68 valence electrons. The van der Waals surface area contributed by atoms with Gasteiger partial charge in [0.2, 0.25) is 0 Å². The molecule has 0 saturated carbocycles. The van der Waals surface area contributed by atoms with Crippen molar-refractivity contribution in [2.24, 2.45) is 0 Å². The van der Waals surface area contributed by atoms with Crippen molar-refractivity contribution in [3.05, 3.63) is 0 Å². The molecule has 0 aromatic heterocycles. The van der Waals surface area contributed by atoms with Gasteiger partial charge in [0.25, 0.3) is 0 Å². The van der Waals surface area contributed by atoms with Crippen molar-refractivity contribution in [1.82, 2.24) is 4.31 Å². The van der Waals surface area contributed by atoms with Crippen LogP contribution >= 0.6 is 11.9 Å². The summed E-state index contributed by atoms with van der Waals surface area (Å²) in [6.07, 6.45) is 7.86. The van der Waals surface area contributed by atoms with Crippen molar-refractivity contribution in [3.63, 3.8) is 0 Å². The zero-order valence-corrected chi connectivity index (χ0v) is 8.91. The molecule has 1 nitrogen and oxygen atoms in total. The van der Waals surface area contributed by atoms with Gasteiger partial charge in [-0.1, -0.05) is 38.6 Å². The van der Waals surface area contributed by atoms with Gasteiger partial charge in [0.15, 0.2) is 0 Å². The van der Waals surface area contributed by atoms with Crippen LogP contribution in [0.5, 0.6) is 0 Å². The summed E-state index contributed by atoms with van der Waals surface area (Å²) in [5.41, 5.74) is 0. The summed E-state index contributed by atoms with van der Waals surface area (Å²) < 4.78 is 2.47. The van der Waals surface area contributed by atoms with Crippen LogP contribution in [0.2, 0.25) is 0 Å². The van der Waals surface area contributed by atoms with Crippen molar-refractivity contribution in [2.75, 3.05) is 19.3 Å². The highest BCUT2D eigenvalue weighted by molar-refractivity contribution is 7.96. The Hall–Kier alpha value is 0.310. The Labute approximate surface area is 75.7 Å². The molecular weight excluding hydrogens is 154 g/mol. The van der Waals surface area contributed by atoms with E-state index < -0.39 is 0 Å². The molecule has 0 spiro atoms. The predicted molar refractivity (Wildman–Crippen MR) is 54.9 cm³/mol. The average molecular weight is 175 g/mol. The van der Waals surface area contributed by atoms with Crippen molar-refractivity contribution >= 4 is 11.9 Å². The molecule has 1 heterocycles. The minimum Gasteiger partial charge on any atom is -0.251 e. The quantitative estimate of drug-likeness (QED) is 0.563. The van der Waals surface area contributed by atoms with Gasteiger partial charge in [-0.3, -0.25) is 4.31 Å². The van der Waals surface area contributed by atoms with Crippen LogP contribution in [-0.2, 0) is 0 Å². The number of hydrogen-bond acceptors (Lipinski definition) is 2. The summed E-state index contributed by atoms with van der Waals surface area (Å²) in [5.74, 6) is 0. The molecule has 1 fully saturated rings. The summed E-state index contributed by atoms with van der Waals surface area (Å²) in [6, 6.07) is 0. The lowest BCUT2D eigenvalue weighted by molar-refractivity contribution is 0.491. The Morgan fingerprint density at radius 1 is 0.909 bits per heavy atom. The molecule has 0 radical (unpaired) electrons. The normalized spacial score (nSPS) is 19.9. The van der Waals surface area contributed by atoms with Crippen molar-refractivity contribution in [1.29, 1.82) is 0 Å². The Bertz CT molecular complexity index is 68.0. The van der Waals surface area contributed by atoms with Gasteiger partial charge in [-0.05, 0) is 19.1 Å². The minimum absolute atomic E-state index is 1.31. The lowest BCUT2D eigenvalue weighted by atomic mass is 10.2. The van der Waals surface area contributed by atoms with Gasteiger partial charge in [-0.2, -0.15) is 0 Å². The fraction of sp³-hybridized carbons (Fsp3) is 1.00. The molecule has 0 amide bonds. The van der Waals surface area contributed by atoms with E-state index in [0.29, 0.717) is 0 Å². The maximum atomic E-state index is 2.47. The molecule has 0 atom stereocenters. The number of nitrogens with zero attached hydrogens (tertiary/aromatic N) is 1. The standard InChI is InChI=1S/C7H15NS.C2H6/c1-9-8-6-4-2-3-5-7-8;1-2/h2-7H2,1H3;1-2H3. The van der Waals surface area contributed by atoms with E-state index in [1.807, 2.05) is 25.8 Å². The van der Waals surface area contributed by atoms with Gasteiger partial charge in [-0.15, -0.1) is 0 Å². The molecule has 1 rings (SSSR count). The van der Waals surface area contributed by atoms with Gasteiger partial charge in [0.05, 0.1) is 0 Å². The van der Waals surface area contributed by atoms with Crippen molar-refractivity contribution in [2.45, 2.75) is 39.5 Å². The van der Waals surface area contributed by atoms with E-state index in [0.717, 1.165) is 0 Å². The molecule has 1 aliphatic heterocycles. The second-order valence-electron chi connectivity index (χ2n) is 2.53. The molecule has 1 saturated heterocycles. The molecule has 0 aliphatic carbocycles. The maximum absolute atomic E-state index is 2.47. The highest BCUT2D eigenvalue weighted by Gasteiger charge is 2.05. The Balaban J connectivity index is 0.000000461. The average Bonchev–Trinajstić information content (AvgIpc) is 2.35. The van der Waals surface area contributed by atoms with Gasteiger partial charge < -0.3 is 0 Å². The molecule has 0 aromatic carbocycles. The van der Waals surface area contributed by atoms with Crippen LogP contribution in [0.3, 0.4) is 0 Å². The number of hydrogen-bond donors (Lipinski definition) is 0. The number of rotatable bonds is 1. The SMILES string of the molecule is CC.CSN1CCCCCC1. The smallest absolute Gasteiger partial charge is 0.00892 e. The van der Waals surface area contributed by atoms with E-state index in [4.69, 9.17) is 0 Å². The molecule has 1 aliphatic rings. The van der Waals surface area contributed by atoms with Crippen molar-refractivity contribution in [3.8, 4) is 0 Å². The molecule has 0 unspecified atom stereocenters. The molecule has 0 N–H and O–H groups in total. The first-order valence-electron chi connectivity index (χ1n) is 4.72. The predicted octanol–water partition coefficient (Wildman–Crippen LogP) is 3.17. The summed E-state index contributed by atoms with van der Waals surface area (Å²) >= 11 is 1.89. The Kier molecular flexibility index (Phi) is 8.64. The van der Waals surface area contributed by atoms with Crippen LogP contribution in [0, 0.1) is 0 Å². The first kappa shape index (κ1) is 11.3. The fourth-order valence-corrected chi connectivity index (χ4v) is 1.85. The highest BCUT2D eigenvalue weighted by atomic mass is 32.2. The molecule has 2 heteroatoms. The third-order valence-electron chi connectivity index (χ3n) is 1.82. The van der Waals surface area contributed by atoms with E-state index >= 15 is 0 Å². The van der Waals surface area contributed by atoms with E-state index in [-0.39, 0.29) is 0 Å². The van der Waals surface area contributed by atoms with Gasteiger partial charge in [-0.25, -0.2) is 0 Å². The Morgan fingerprint density at radius 3 is 1.73 bits per heavy atom.